The highest BCUT2D eigenvalue weighted by Crippen LogP contribution is 2.35. The summed E-state index contributed by atoms with van der Waals surface area (Å²) < 4.78 is 25.7. The van der Waals surface area contributed by atoms with Crippen LogP contribution in [0, 0.1) is 5.82 Å². The molecule has 1 aliphatic heterocycles. The minimum atomic E-state index is -0.281. The number of benzene rings is 2. The predicted molar refractivity (Wildman–Crippen MR) is 82.2 cm³/mol. The van der Waals surface area contributed by atoms with E-state index in [0.717, 1.165) is 11.3 Å². The Balaban J connectivity index is 1.72. The molecule has 0 amide bonds. The first kappa shape index (κ1) is 14.4. The highest BCUT2D eigenvalue weighted by molar-refractivity contribution is 9.10. The summed E-state index contributed by atoms with van der Waals surface area (Å²) in [4.78, 5) is 0. The summed E-state index contributed by atoms with van der Waals surface area (Å²) in [6.07, 6.45) is 0. The van der Waals surface area contributed by atoms with Crippen LogP contribution in [0.1, 0.15) is 17.2 Å². The Labute approximate surface area is 131 Å². The van der Waals surface area contributed by atoms with Gasteiger partial charge in [0, 0.05) is 21.7 Å². The molecule has 21 heavy (non-hydrogen) atoms. The highest BCUT2D eigenvalue weighted by Gasteiger charge is 2.22. The second-order valence-corrected chi connectivity index (χ2v) is 5.79. The lowest BCUT2D eigenvalue weighted by Gasteiger charge is -2.10. The number of hydrogen-bond donors (Lipinski definition) is 1. The lowest BCUT2D eigenvalue weighted by Crippen LogP contribution is -2.17. The summed E-state index contributed by atoms with van der Waals surface area (Å²) in [7, 11) is 1.91. The third kappa shape index (κ3) is 3.04. The Morgan fingerprint density at radius 1 is 1.33 bits per heavy atom. The van der Waals surface area contributed by atoms with Crippen LogP contribution in [0.2, 0.25) is 0 Å². The van der Waals surface area contributed by atoms with Gasteiger partial charge < -0.3 is 14.8 Å². The molecule has 1 heterocycles. The molecule has 3 nitrogen and oxygen atoms in total. The number of hydrogen-bond acceptors (Lipinski definition) is 3. The van der Waals surface area contributed by atoms with Crippen molar-refractivity contribution in [3.63, 3.8) is 0 Å². The molecular weight excluding hydrogens is 337 g/mol. The smallest absolute Gasteiger partial charge is 0.130 e. The van der Waals surface area contributed by atoms with E-state index in [2.05, 4.69) is 21.2 Å². The Kier molecular flexibility index (Phi) is 4.12. The van der Waals surface area contributed by atoms with Crippen molar-refractivity contribution in [3.8, 4) is 11.5 Å². The number of likely N-dealkylation sites (N-methyl/N-ethyl adjacent to an activating group) is 1. The van der Waals surface area contributed by atoms with Crippen LogP contribution in [0.15, 0.2) is 40.9 Å². The minimum absolute atomic E-state index is 0.188. The first-order chi connectivity index (χ1) is 10.2. The molecule has 0 radical (unpaired) electrons. The van der Waals surface area contributed by atoms with Crippen molar-refractivity contribution in [2.24, 2.45) is 0 Å². The first-order valence-corrected chi connectivity index (χ1v) is 7.47. The van der Waals surface area contributed by atoms with Crippen molar-refractivity contribution in [1.82, 2.24) is 5.32 Å². The molecule has 2 aromatic carbocycles. The Bertz CT molecular complexity index is 663. The van der Waals surface area contributed by atoms with Crippen LogP contribution in [0.25, 0.3) is 0 Å². The van der Waals surface area contributed by atoms with E-state index in [1.165, 1.54) is 6.07 Å². The second-order valence-electron chi connectivity index (χ2n) is 4.88. The fraction of sp³-hybridized carbons (Fsp3) is 0.250. The van der Waals surface area contributed by atoms with Gasteiger partial charge in [-0.1, -0.05) is 22.0 Å². The van der Waals surface area contributed by atoms with Crippen LogP contribution in [0.4, 0.5) is 4.39 Å². The van der Waals surface area contributed by atoms with Crippen LogP contribution >= 0.6 is 15.9 Å². The molecule has 1 N–H and O–H groups in total. The van der Waals surface area contributed by atoms with Crippen molar-refractivity contribution in [1.29, 1.82) is 0 Å². The minimum Gasteiger partial charge on any atom is -0.491 e. The normalized spacial score (nSPS) is 16.4. The molecular formula is C16H15BrFNO2. The van der Waals surface area contributed by atoms with E-state index in [4.69, 9.17) is 9.47 Å². The second kappa shape index (κ2) is 6.03. The molecule has 1 atom stereocenters. The van der Waals surface area contributed by atoms with E-state index in [9.17, 15) is 4.39 Å². The quantitative estimate of drug-likeness (QED) is 0.908. The van der Waals surface area contributed by atoms with Crippen molar-refractivity contribution >= 4 is 15.9 Å². The van der Waals surface area contributed by atoms with E-state index in [-0.39, 0.29) is 18.5 Å². The highest BCUT2D eigenvalue weighted by atomic mass is 79.9. The average Bonchev–Trinajstić information content (AvgIpc) is 2.88. The Hall–Kier alpha value is -1.59. The Morgan fingerprint density at radius 3 is 2.95 bits per heavy atom. The molecule has 0 aromatic heterocycles. The average molecular weight is 352 g/mol. The molecule has 0 saturated carbocycles. The summed E-state index contributed by atoms with van der Waals surface area (Å²) in [5.41, 5.74) is 1.65. The molecule has 1 aliphatic rings. The lowest BCUT2D eigenvalue weighted by atomic mass is 10.1. The van der Waals surface area contributed by atoms with Crippen molar-refractivity contribution in [2.45, 2.75) is 12.6 Å². The van der Waals surface area contributed by atoms with Gasteiger partial charge in [-0.3, -0.25) is 0 Å². The third-order valence-electron chi connectivity index (χ3n) is 3.52. The van der Waals surface area contributed by atoms with E-state index in [0.29, 0.717) is 22.4 Å². The standard InChI is InChI=1S/C16H15BrFNO2/c1-19-15-9-21-16-7-12(4-5-13(15)16)20-8-10-2-3-11(17)6-14(10)18/h2-7,15,19H,8-9H2,1H3. The van der Waals surface area contributed by atoms with E-state index in [1.54, 1.807) is 12.1 Å². The zero-order valence-corrected chi connectivity index (χ0v) is 13.1. The molecule has 1 unspecified atom stereocenters. The monoisotopic (exact) mass is 351 g/mol. The number of fused-ring (bicyclic) bond motifs is 1. The van der Waals surface area contributed by atoms with Gasteiger partial charge in [0.05, 0.1) is 6.04 Å². The summed E-state index contributed by atoms with van der Waals surface area (Å²) in [5.74, 6) is 1.22. The van der Waals surface area contributed by atoms with Crippen LogP contribution in [0.3, 0.4) is 0 Å². The molecule has 0 bridgehead atoms. The maximum Gasteiger partial charge on any atom is 0.130 e. The number of halogens is 2. The fourth-order valence-electron chi connectivity index (χ4n) is 2.32. The third-order valence-corrected chi connectivity index (χ3v) is 4.02. The van der Waals surface area contributed by atoms with Gasteiger partial charge in [0.2, 0.25) is 0 Å². The maximum atomic E-state index is 13.7. The van der Waals surface area contributed by atoms with Crippen molar-refractivity contribution in [2.75, 3.05) is 13.7 Å². The largest absolute Gasteiger partial charge is 0.491 e. The summed E-state index contributed by atoms with van der Waals surface area (Å²) >= 11 is 3.24. The number of ether oxygens (including phenoxy) is 2. The Morgan fingerprint density at radius 2 is 2.19 bits per heavy atom. The van der Waals surface area contributed by atoms with Crippen molar-refractivity contribution in [3.05, 3.63) is 57.8 Å². The van der Waals surface area contributed by atoms with E-state index >= 15 is 0 Å². The molecule has 0 saturated heterocycles. The van der Waals surface area contributed by atoms with Crippen LogP contribution in [-0.4, -0.2) is 13.7 Å². The zero-order chi connectivity index (χ0) is 14.8. The molecule has 0 aliphatic carbocycles. The van der Waals surface area contributed by atoms with E-state index in [1.807, 2.05) is 25.2 Å². The molecule has 2 aromatic rings. The van der Waals surface area contributed by atoms with Gasteiger partial charge in [0.15, 0.2) is 0 Å². The molecule has 0 spiro atoms. The fourth-order valence-corrected chi connectivity index (χ4v) is 2.65. The maximum absolute atomic E-state index is 13.7. The van der Waals surface area contributed by atoms with Gasteiger partial charge in [-0.2, -0.15) is 0 Å². The first-order valence-electron chi connectivity index (χ1n) is 6.68. The topological polar surface area (TPSA) is 30.5 Å². The van der Waals surface area contributed by atoms with Crippen LogP contribution < -0.4 is 14.8 Å². The van der Waals surface area contributed by atoms with Gasteiger partial charge in [-0.15, -0.1) is 0 Å². The summed E-state index contributed by atoms with van der Waals surface area (Å²) in [5, 5.41) is 3.19. The van der Waals surface area contributed by atoms with Gasteiger partial charge in [0.25, 0.3) is 0 Å². The molecule has 3 rings (SSSR count). The number of rotatable bonds is 4. The van der Waals surface area contributed by atoms with Gasteiger partial charge >= 0.3 is 0 Å². The number of nitrogens with one attached hydrogen (secondary N) is 1. The SMILES string of the molecule is CNC1COc2cc(OCc3ccc(Br)cc3F)ccc21. The van der Waals surface area contributed by atoms with Gasteiger partial charge in [0.1, 0.15) is 30.5 Å². The van der Waals surface area contributed by atoms with E-state index < -0.39 is 0 Å². The molecule has 5 heteroatoms. The molecule has 110 valence electrons. The van der Waals surface area contributed by atoms with Crippen LogP contribution in [0.5, 0.6) is 11.5 Å². The van der Waals surface area contributed by atoms with Crippen molar-refractivity contribution < 1.29 is 13.9 Å². The molecule has 0 fully saturated rings. The van der Waals surface area contributed by atoms with Gasteiger partial charge in [-0.25, -0.2) is 4.39 Å². The van der Waals surface area contributed by atoms with Gasteiger partial charge in [-0.05, 0) is 31.3 Å². The summed E-state index contributed by atoms with van der Waals surface area (Å²) in [6, 6.07) is 10.9. The van der Waals surface area contributed by atoms with Crippen LogP contribution in [-0.2, 0) is 6.61 Å². The predicted octanol–water partition coefficient (Wildman–Crippen LogP) is 3.82. The lowest BCUT2D eigenvalue weighted by molar-refractivity contribution is 0.294. The zero-order valence-electron chi connectivity index (χ0n) is 11.5. The summed E-state index contributed by atoms with van der Waals surface area (Å²) in [6.45, 7) is 0.810.